The predicted molar refractivity (Wildman–Crippen MR) is 100 cm³/mol. The molecule has 0 aromatic heterocycles. The second kappa shape index (κ2) is 8.24. The average Bonchev–Trinajstić information content (AvgIpc) is 2.69. The van der Waals surface area contributed by atoms with Gasteiger partial charge in [0, 0.05) is 31.3 Å². The second-order valence-electron chi connectivity index (χ2n) is 6.77. The molecular formula is C20H26N2O5. The number of aliphatic hydroxyl groups is 1. The third-order valence-corrected chi connectivity index (χ3v) is 5.24. The van der Waals surface area contributed by atoms with Gasteiger partial charge >= 0.3 is 0 Å². The minimum atomic E-state index is -0.995. The maximum absolute atomic E-state index is 11.2. The average molecular weight is 374 g/mol. The number of methoxy groups -OCH3 is 2. The fourth-order valence-electron chi connectivity index (χ4n) is 3.65. The van der Waals surface area contributed by atoms with Crippen LogP contribution in [0.4, 0.5) is 5.69 Å². The lowest BCUT2D eigenvalue weighted by molar-refractivity contribution is -0.991. The summed E-state index contributed by atoms with van der Waals surface area (Å²) in [5, 5.41) is 29.9. The second-order valence-corrected chi connectivity index (χ2v) is 6.77. The van der Waals surface area contributed by atoms with Crippen LogP contribution in [0, 0.1) is 5.21 Å². The fraction of sp³-hybridized carbons (Fsp3) is 0.400. The maximum Gasteiger partial charge on any atom is 0.164 e. The normalized spacial score (nSPS) is 19.3. The van der Waals surface area contributed by atoms with Gasteiger partial charge < -0.3 is 19.8 Å². The van der Waals surface area contributed by atoms with Crippen molar-refractivity contribution in [2.45, 2.75) is 25.5 Å². The number of hydrogen-bond acceptors (Lipinski definition) is 6. The number of benzene rings is 2. The minimum absolute atomic E-state index is 0.103. The van der Waals surface area contributed by atoms with Crippen LogP contribution < -0.4 is 14.7 Å². The van der Waals surface area contributed by atoms with Gasteiger partial charge in [-0.3, -0.25) is 4.90 Å². The Hall–Kier alpha value is -2.16. The van der Waals surface area contributed by atoms with Crippen LogP contribution in [0.2, 0.25) is 0 Å². The fourth-order valence-corrected chi connectivity index (χ4v) is 3.65. The molecular weight excluding hydrogens is 348 g/mol. The third-order valence-electron chi connectivity index (χ3n) is 5.24. The van der Waals surface area contributed by atoms with Crippen LogP contribution >= 0.6 is 0 Å². The molecule has 1 aliphatic rings. The van der Waals surface area contributed by atoms with Gasteiger partial charge in [0.05, 0.1) is 20.3 Å². The first kappa shape index (κ1) is 19.6. The lowest BCUT2D eigenvalue weighted by Crippen LogP contribution is -2.99. The van der Waals surface area contributed by atoms with Crippen molar-refractivity contribution in [1.29, 1.82) is 0 Å². The standard InChI is InChI=1S/C20H26N2O5/c1-13-17-11-20(27-3)19(26-2)10-14(17)7-8-21(13)12-18(23)15-5-4-6-16(9-15)22(24)25/h4-6,9-11,13,18,22-24H,7-8,12H2,1-3H3/t13-,18+/m0/s1. The number of hydrogen-bond donors (Lipinski definition) is 3. The van der Waals surface area contributed by atoms with Crippen LogP contribution in [0.5, 0.6) is 11.5 Å². The smallest absolute Gasteiger partial charge is 0.164 e. The molecule has 0 saturated carbocycles. The summed E-state index contributed by atoms with van der Waals surface area (Å²) in [4.78, 5) is 2.20. The van der Waals surface area contributed by atoms with Gasteiger partial charge in [-0.1, -0.05) is 12.1 Å². The van der Waals surface area contributed by atoms with Crippen molar-refractivity contribution in [3.05, 3.63) is 58.3 Å². The van der Waals surface area contributed by atoms with Crippen LogP contribution in [0.3, 0.4) is 0 Å². The van der Waals surface area contributed by atoms with Crippen LogP contribution in [-0.4, -0.2) is 42.5 Å². The number of fused-ring (bicyclic) bond motifs is 1. The Labute approximate surface area is 158 Å². The molecule has 3 atom stereocenters. The largest absolute Gasteiger partial charge is 0.595 e. The number of quaternary nitrogens is 1. The first-order valence-corrected chi connectivity index (χ1v) is 8.94. The van der Waals surface area contributed by atoms with Crippen molar-refractivity contribution in [3.63, 3.8) is 0 Å². The van der Waals surface area contributed by atoms with Gasteiger partial charge in [0.1, 0.15) is 0 Å². The van der Waals surface area contributed by atoms with Gasteiger partial charge in [-0.05, 0) is 42.2 Å². The monoisotopic (exact) mass is 374 g/mol. The summed E-state index contributed by atoms with van der Waals surface area (Å²) in [6, 6.07) is 10.6. The van der Waals surface area contributed by atoms with E-state index in [9.17, 15) is 10.3 Å². The van der Waals surface area contributed by atoms with E-state index in [4.69, 9.17) is 14.7 Å². The highest BCUT2D eigenvalue weighted by molar-refractivity contribution is 5.49. The summed E-state index contributed by atoms with van der Waals surface area (Å²) >= 11 is 0. The van der Waals surface area contributed by atoms with E-state index in [0.29, 0.717) is 17.9 Å². The molecule has 0 radical (unpaired) electrons. The van der Waals surface area contributed by atoms with E-state index in [2.05, 4.69) is 11.8 Å². The molecule has 7 heteroatoms. The molecule has 0 spiro atoms. The quantitative estimate of drug-likeness (QED) is 0.668. The number of nitrogens with one attached hydrogen (secondary N) is 1. The highest BCUT2D eigenvalue weighted by Crippen LogP contribution is 2.38. The predicted octanol–water partition coefficient (Wildman–Crippen LogP) is 1.76. The summed E-state index contributed by atoms with van der Waals surface area (Å²) in [6.45, 7) is 3.33. The molecule has 0 fully saturated rings. The Morgan fingerprint density at radius 3 is 2.59 bits per heavy atom. The SMILES string of the molecule is COc1cc2c(cc1OC)[C@H](C)N(C[C@@H](O)c1cccc([NH+]([O-])O)c1)CC2. The van der Waals surface area contributed by atoms with Gasteiger partial charge in [0.2, 0.25) is 0 Å². The van der Waals surface area contributed by atoms with Gasteiger partial charge in [-0.15, -0.1) is 0 Å². The van der Waals surface area contributed by atoms with E-state index in [1.807, 2.05) is 12.1 Å². The highest BCUT2D eigenvalue weighted by Gasteiger charge is 2.27. The Morgan fingerprint density at radius 2 is 1.93 bits per heavy atom. The lowest BCUT2D eigenvalue weighted by Gasteiger charge is -2.37. The summed E-state index contributed by atoms with van der Waals surface area (Å²) in [5.41, 5.74) is 3.17. The number of nitrogens with zero attached hydrogens (tertiary/aromatic N) is 1. The molecule has 0 amide bonds. The summed E-state index contributed by atoms with van der Waals surface area (Å²) in [6.07, 6.45) is 0.0930. The van der Waals surface area contributed by atoms with E-state index in [1.54, 1.807) is 26.4 Å². The molecule has 1 heterocycles. The number of aliphatic hydroxyl groups excluding tert-OH is 1. The molecule has 2 aromatic rings. The zero-order valence-corrected chi connectivity index (χ0v) is 15.8. The van der Waals surface area contributed by atoms with Crippen molar-refractivity contribution in [1.82, 2.24) is 4.90 Å². The Morgan fingerprint density at radius 1 is 1.22 bits per heavy atom. The first-order chi connectivity index (χ1) is 12.9. The molecule has 2 aromatic carbocycles. The summed E-state index contributed by atoms with van der Waals surface area (Å²) in [5.74, 6) is 1.42. The van der Waals surface area contributed by atoms with E-state index in [1.165, 1.54) is 17.7 Å². The number of rotatable bonds is 6. The van der Waals surface area contributed by atoms with Crippen molar-refractivity contribution < 1.29 is 25.0 Å². The van der Waals surface area contributed by atoms with Gasteiger partial charge in [-0.25, -0.2) is 5.21 Å². The van der Waals surface area contributed by atoms with E-state index < -0.39 is 11.3 Å². The van der Waals surface area contributed by atoms with Gasteiger partial charge in [-0.2, -0.15) is 5.23 Å². The zero-order chi connectivity index (χ0) is 19.6. The van der Waals surface area contributed by atoms with Crippen LogP contribution in [0.15, 0.2) is 36.4 Å². The third kappa shape index (κ3) is 4.07. The van der Waals surface area contributed by atoms with E-state index >= 15 is 0 Å². The molecule has 27 heavy (non-hydrogen) atoms. The number of β-amino-alcohol motifs (C(OH)–C–C–N with tert-alkyl or cyclic N) is 1. The van der Waals surface area contributed by atoms with E-state index in [0.717, 1.165) is 24.3 Å². The molecule has 7 nitrogen and oxygen atoms in total. The Balaban J connectivity index is 1.79. The Bertz CT molecular complexity index is 796. The molecule has 1 unspecified atom stereocenters. The number of ether oxygens (including phenoxy) is 2. The van der Waals surface area contributed by atoms with Crippen molar-refractivity contribution in [3.8, 4) is 11.5 Å². The van der Waals surface area contributed by atoms with Crippen LogP contribution in [-0.2, 0) is 6.42 Å². The highest BCUT2D eigenvalue weighted by atomic mass is 16.8. The molecule has 1 aliphatic heterocycles. The molecule has 0 bridgehead atoms. The molecule has 0 saturated heterocycles. The molecule has 3 rings (SSSR count). The van der Waals surface area contributed by atoms with Gasteiger partial charge in [0.25, 0.3) is 0 Å². The van der Waals surface area contributed by atoms with Gasteiger partial charge in [0.15, 0.2) is 17.2 Å². The van der Waals surface area contributed by atoms with Crippen LogP contribution in [0.1, 0.15) is 35.8 Å². The van der Waals surface area contributed by atoms with Crippen molar-refractivity contribution in [2.75, 3.05) is 27.3 Å². The van der Waals surface area contributed by atoms with Crippen LogP contribution in [0.25, 0.3) is 0 Å². The lowest BCUT2D eigenvalue weighted by atomic mass is 9.92. The van der Waals surface area contributed by atoms with Crippen molar-refractivity contribution >= 4 is 5.69 Å². The molecule has 0 aliphatic carbocycles. The first-order valence-electron chi connectivity index (χ1n) is 8.94. The van der Waals surface area contributed by atoms with E-state index in [-0.39, 0.29) is 11.7 Å². The molecule has 3 N–H and O–H groups in total. The molecule has 146 valence electrons. The zero-order valence-electron chi connectivity index (χ0n) is 15.8. The van der Waals surface area contributed by atoms with Crippen molar-refractivity contribution in [2.24, 2.45) is 0 Å². The minimum Gasteiger partial charge on any atom is -0.595 e. The topological polar surface area (TPSA) is 89.7 Å². The maximum atomic E-state index is 11.2. The summed E-state index contributed by atoms with van der Waals surface area (Å²) in [7, 11) is 3.25. The Kier molecular flexibility index (Phi) is 5.98. The summed E-state index contributed by atoms with van der Waals surface area (Å²) < 4.78 is 10.8.